The van der Waals surface area contributed by atoms with Crippen molar-refractivity contribution in [3.63, 3.8) is 0 Å². The van der Waals surface area contributed by atoms with Crippen molar-refractivity contribution in [2.45, 2.75) is 105 Å². The van der Waals surface area contributed by atoms with Crippen molar-refractivity contribution in [1.29, 1.82) is 0 Å². The second kappa shape index (κ2) is 16.6. The molecule has 6 rings (SSSR count). The first-order valence-corrected chi connectivity index (χ1v) is 20.5. The second-order valence-electron chi connectivity index (χ2n) is 19.6. The Morgan fingerprint density at radius 2 is 0.403 bits per heavy atom. The Balaban J connectivity index is 1.49. The molecule has 2 heterocycles. The number of nitrogens with zero attached hydrogens (tertiary/aromatic N) is 6. The molecule has 0 aliphatic heterocycles. The number of carbonyl (C=O) groups is 5. The average Bonchev–Trinajstić information content (AvgIpc) is 3.23. The Hall–Kier alpha value is -6.75. The molecule has 0 saturated heterocycles. The molecule has 0 bridgehead atoms. The van der Waals surface area contributed by atoms with E-state index in [4.69, 9.17) is 0 Å². The minimum Gasteiger partial charge on any atom is -0.285 e. The summed E-state index contributed by atoms with van der Waals surface area (Å²) in [6, 6.07) is 27.6. The van der Waals surface area contributed by atoms with Crippen molar-refractivity contribution in [2.24, 2.45) is 0 Å². The van der Waals surface area contributed by atoms with Gasteiger partial charge >= 0.3 is 0 Å². The molecule has 0 spiro atoms. The standard InChI is InChI=1S/C51H52N6O5/c1-48(2,3)33-21-13-29(14-22-33)37(58)42-52-43(38(59)30-15-23-34(24-16-30)49(4,5)6)55-46(54-42)41(62)47-56-44(39(60)31-17-25-35(26-18-31)50(7,8)9)53-45(57-47)40(61)32-19-27-36(28-20-32)51(10,11)12/h13-28H,1-12H3. The number of aromatic nitrogens is 6. The summed E-state index contributed by atoms with van der Waals surface area (Å²) in [6.45, 7) is 24.5. The molecule has 0 atom stereocenters. The summed E-state index contributed by atoms with van der Waals surface area (Å²) in [7, 11) is 0. The minimum atomic E-state index is -1.07. The minimum absolute atomic E-state index is 0.187. The van der Waals surface area contributed by atoms with Gasteiger partial charge in [0.2, 0.25) is 58.1 Å². The highest BCUT2D eigenvalue weighted by Crippen LogP contribution is 2.27. The van der Waals surface area contributed by atoms with E-state index in [0.717, 1.165) is 22.3 Å². The molecule has 0 radical (unpaired) electrons. The maximum atomic E-state index is 14.6. The van der Waals surface area contributed by atoms with E-state index in [-0.39, 0.29) is 43.9 Å². The average molecular weight is 829 g/mol. The van der Waals surface area contributed by atoms with E-state index in [9.17, 15) is 24.0 Å². The van der Waals surface area contributed by atoms with Gasteiger partial charge in [-0.3, -0.25) is 24.0 Å². The zero-order chi connectivity index (χ0) is 45.5. The number of rotatable bonds is 10. The van der Waals surface area contributed by atoms with Crippen LogP contribution in [0.4, 0.5) is 0 Å². The highest BCUT2D eigenvalue weighted by atomic mass is 16.2. The molecule has 2 aromatic heterocycles. The fourth-order valence-electron chi connectivity index (χ4n) is 6.46. The summed E-state index contributed by atoms with van der Waals surface area (Å²) in [6.07, 6.45) is 0. The second-order valence-corrected chi connectivity index (χ2v) is 19.6. The third-order valence-electron chi connectivity index (χ3n) is 10.5. The summed E-state index contributed by atoms with van der Waals surface area (Å²) >= 11 is 0. The van der Waals surface area contributed by atoms with Gasteiger partial charge in [0.05, 0.1) is 0 Å². The van der Waals surface area contributed by atoms with E-state index < -0.39 is 63.9 Å². The van der Waals surface area contributed by atoms with Crippen molar-refractivity contribution in [2.75, 3.05) is 0 Å². The van der Waals surface area contributed by atoms with E-state index in [1.807, 2.05) is 132 Å². The van der Waals surface area contributed by atoms with Gasteiger partial charge in [-0.15, -0.1) is 0 Å². The Labute approximate surface area is 363 Å². The van der Waals surface area contributed by atoms with E-state index in [1.54, 1.807) is 48.5 Å². The first-order chi connectivity index (χ1) is 28.8. The van der Waals surface area contributed by atoms with Crippen LogP contribution < -0.4 is 0 Å². The van der Waals surface area contributed by atoms with E-state index >= 15 is 0 Å². The molecule has 62 heavy (non-hydrogen) atoms. The van der Waals surface area contributed by atoms with Gasteiger partial charge in [-0.2, -0.15) is 0 Å². The molecular formula is C51H52N6O5. The fourth-order valence-corrected chi connectivity index (χ4v) is 6.46. The molecule has 0 saturated carbocycles. The third-order valence-corrected chi connectivity index (χ3v) is 10.5. The van der Waals surface area contributed by atoms with Crippen LogP contribution in [0.15, 0.2) is 97.1 Å². The van der Waals surface area contributed by atoms with Crippen LogP contribution in [0.3, 0.4) is 0 Å². The van der Waals surface area contributed by atoms with E-state index in [2.05, 4.69) is 29.9 Å². The van der Waals surface area contributed by atoms with Crippen molar-refractivity contribution in [3.8, 4) is 0 Å². The zero-order valence-corrected chi connectivity index (χ0v) is 37.5. The molecule has 0 aliphatic rings. The van der Waals surface area contributed by atoms with Crippen molar-refractivity contribution in [1.82, 2.24) is 29.9 Å². The molecule has 0 amide bonds. The summed E-state index contributed by atoms with van der Waals surface area (Å²) in [4.78, 5) is 96.4. The lowest BCUT2D eigenvalue weighted by Crippen LogP contribution is -2.24. The number of ketones is 5. The van der Waals surface area contributed by atoms with Crippen molar-refractivity contribution >= 4 is 28.9 Å². The van der Waals surface area contributed by atoms with Gasteiger partial charge in [-0.25, -0.2) is 29.9 Å². The number of hydrogen-bond acceptors (Lipinski definition) is 11. The van der Waals surface area contributed by atoms with Crippen LogP contribution in [-0.4, -0.2) is 58.8 Å². The fraction of sp³-hybridized carbons (Fsp3) is 0.314. The molecule has 0 N–H and O–H groups in total. The smallest absolute Gasteiger partial charge is 0.267 e. The Morgan fingerprint density at radius 1 is 0.258 bits per heavy atom. The van der Waals surface area contributed by atoms with E-state index in [1.165, 1.54) is 0 Å². The van der Waals surface area contributed by atoms with Crippen LogP contribution in [0.5, 0.6) is 0 Å². The van der Waals surface area contributed by atoms with Gasteiger partial charge in [0.15, 0.2) is 0 Å². The maximum absolute atomic E-state index is 14.6. The van der Waals surface area contributed by atoms with Crippen LogP contribution in [0.25, 0.3) is 0 Å². The van der Waals surface area contributed by atoms with Crippen LogP contribution in [0.1, 0.15) is 187 Å². The molecule has 0 unspecified atom stereocenters. The normalized spacial score (nSPS) is 12.2. The highest BCUT2D eigenvalue weighted by molar-refractivity contribution is 6.13. The van der Waals surface area contributed by atoms with E-state index in [0.29, 0.717) is 0 Å². The maximum Gasteiger partial charge on any atom is 0.267 e. The molecule has 316 valence electrons. The lowest BCUT2D eigenvalue weighted by atomic mass is 9.86. The summed E-state index contributed by atoms with van der Waals surface area (Å²) < 4.78 is 0. The predicted octanol–water partition coefficient (Wildman–Crippen LogP) is 9.40. The Kier molecular flexibility index (Phi) is 12.0. The van der Waals surface area contributed by atoms with Crippen LogP contribution >= 0.6 is 0 Å². The topological polar surface area (TPSA) is 163 Å². The summed E-state index contributed by atoms with van der Waals surface area (Å²) in [5.74, 6) is -6.91. The third kappa shape index (κ3) is 9.89. The molecule has 11 nitrogen and oxygen atoms in total. The SMILES string of the molecule is CC(C)(C)c1ccc(C(=O)c2nc(C(=O)c3ccc(C(C)(C)C)cc3)nc(C(=O)c3nc(C(=O)c4ccc(C(C)(C)C)cc4)nc(C(=O)c4ccc(C(C)(C)C)cc4)n3)n2)cc1. The van der Waals surface area contributed by atoms with Gasteiger partial charge < -0.3 is 0 Å². The van der Waals surface area contributed by atoms with Crippen LogP contribution in [0, 0.1) is 0 Å². The molecular weight excluding hydrogens is 777 g/mol. The van der Waals surface area contributed by atoms with Crippen LogP contribution in [-0.2, 0) is 21.7 Å². The van der Waals surface area contributed by atoms with Gasteiger partial charge in [0.1, 0.15) is 0 Å². The van der Waals surface area contributed by atoms with Gasteiger partial charge in [-0.1, -0.05) is 180 Å². The Bertz CT molecular complexity index is 2350. The zero-order valence-electron chi connectivity index (χ0n) is 37.5. The molecule has 4 aromatic carbocycles. The first-order valence-electron chi connectivity index (χ1n) is 20.5. The quantitative estimate of drug-likeness (QED) is 0.121. The molecule has 11 heteroatoms. The number of hydrogen-bond donors (Lipinski definition) is 0. The van der Waals surface area contributed by atoms with Gasteiger partial charge in [0.25, 0.3) is 5.78 Å². The highest BCUT2D eigenvalue weighted by Gasteiger charge is 2.29. The lowest BCUT2D eigenvalue weighted by molar-refractivity contribution is 0.100. The summed E-state index contributed by atoms with van der Waals surface area (Å²) in [5.41, 5.74) is 4.04. The number of benzene rings is 4. The predicted molar refractivity (Wildman–Crippen MR) is 237 cm³/mol. The molecule has 6 aromatic rings. The van der Waals surface area contributed by atoms with Gasteiger partial charge in [0, 0.05) is 22.3 Å². The Morgan fingerprint density at radius 3 is 0.548 bits per heavy atom. The van der Waals surface area contributed by atoms with Crippen molar-refractivity contribution < 1.29 is 24.0 Å². The monoisotopic (exact) mass is 828 g/mol. The largest absolute Gasteiger partial charge is 0.285 e. The van der Waals surface area contributed by atoms with Crippen molar-refractivity contribution in [3.05, 3.63) is 177 Å². The van der Waals surface area contributed by atoms with Gasteiger partial charge in [-0.05, 0) is 43.9 Å². The first kappa shape index (κ1) is 44.8. The number of carbonyl (C=O) groups excluding carboxylic acids is 5. The van der Waals surface area contributed by atoms with Crippen LogP contribution in [0.2, 0.25) is 0 Å². The lowest BCUT2D eigenvalue weighted by Gasteiger charge is -2.19. The molecule has 0 aliphatic carbocycles. The summed E-state index contributed by atoms with van der Waals surface area (Å²) in [5, 5.41) is 0. The molecule has 0 fully saturated rings.